The van der Waals surface area contributed by atoms with Gasteiger partial charge in [0.25, 0.3) is 0 Å². The molecule has 0 radical (unpaired) electrons. The van der Waals surface area contributed by atoms with E-state index in [-0.39, 0.29) is 11.9 Å². The van der Waals surface area contributed by atoms with Crippen molar-refractivity contribution in [3.63, 3.8) is 0 Å². The maximum atomic E-state index is 11.9. The van der Waals surface area contributed by atoms with Crippen molar-refractivity contribution in [2.45, 2.75) is 64.7 Å². The molecule has 0 aromatic carbocycles. The molecule has 0 spiro atoms. The molecule has 0 saturated heterocycles. The van der Waals surface area contributed by atoms with Crippen LogP contribution in [0.15, 0.2) is 30.9 Å². The Balaban J connectivity index is 1.66. The summed E-state index contributed by atoms with van der Waals surface area (Å²) in [6, 6.07) is 1.81. The number of carbonyl (C=O) groups is 1. The summed E-state index contributed by atoms with van der Waals surface area (Å²) in [4.78, 5) is 28.8. The molecule has 2 heterocycles. The van der Waals surface area contributed by atoms with E-state index in [4.69, 9.17) is 4.74 Å². The van der Waals surface area contributed by atoms with Crippen LogP contribution >= 0.6 is 0 Å². The molecule has 7 heteroatoms. The Labute approximate surface area is 167 Å². The number of anilines is 1. The van der Waals surface area contributed by atoms with Gasteiger partial charge in [0.2, 0.25) is 5.95 Å². The van der Waals surface area contributed by atoms with Gasteiger partial charge in [-0.1, -0.05) is 25.7 Å². The minimum absolute atomic E-state index is 0.122. The van der Waals surface area contributed by atoms with Gasteiger partial charge < -0.3 is 10.1 Å². The highest BCUT2D eigenvalue weighted by molar-refractivity contribution is 5.70. The molecule has 0 aliphatic heterocycles. The summed E-state index contributed by atoms with van der Waals surface area (Å²) in [5, 5.41) is 3.23. The van der Waals surface area contributed by atoms with Gasteiger partial charge in [-0.2, -0.15) is 0 Å². The van der Waals surface area contributed by atoms with Crippen molar-refractivity contribution in [2.75, 3.05) is 18.5 Å². The summed E-state index contributed by atoms with van der Waals surface area (Å²) in [7, 11) is 0. The van der Waals surface area contributed by atoms with E-state index in [9.17, 15) is 4.79 Å². The quantitative estimate of drug-likeness (QED) is 0.411. The fourth-order valence-corrected chi connectivity index (χ4v) is 3.06. The second-order valence-corrected chi connectivity index (χ2v) is 6.83. The zero-order valence-corrected chi connectivity index (χ0v) is 16.9. The van der Waals surface area contributed by atoms with E-state index < -0.39 is 0 Å². The highest BCUT2D eigenvalue weighted by atomic mass is 16.5. The standard InChI is InChI=1S/C21H31N5O2/c1-3-28-20(27)14-18(19-15-25-17(2)26-16-19)10-7-5-4-6-8-11-22-21-23-12-9-13-24-21/h9,12-13,15-16,18H,3-8,10-11,14H2,1-2H3,(H,22,23,24). The maximum absolute atomic E-state index is 11.9. The lowest BCUT2D eigenvalue weighted by Gasteiger charge is -2.16. The molecule has 0 bridgehead atoms. The molecule has 2 rings (SSSR count). The Kier molecular flexibility index (Phi) is 9.89. The van der Waals surface area contributed by atoms with Gasteiger partial charge in [0.1, 0.15) is 5.82 Å². The highest BCUT2D eigenvalue weighted by Crippen LogP contribution is 2.26. The Bertz CT molecular complexity index is 679. The van der Waals surface area contributed by atoms with Crippen molar-refractivity contribution in [3.8, 4) is 0 Å². The first kappa shape index (κ1) is 21.7. The molecule has 7 nitrogen and oxygen atoms in total. The topological polar surface area (TPSA) is 89.9 Å². The molecular weight excluding hydrogens is 354 g/mol. The van der Waals surface area contributed by atoms with Crippen molar-refractivity contribution in [2.24, 2.45) is 0 Å². The van der Waals surface area contributed by atoms with Gasteiger partial charge in [-0.3, -0.25) is 4.79 Å². The minimum Gasteiger partial charge on any atom is -0.466 e. The largest absolute Gasteiger partial charge is 0.466 e. The van der Waals surface area contributed by atoms with E-state index in [1.807, 2.05) is 32.3 Å². The lowest BCUT2D eigenvalue weighted by Crippen LogP contribution is -2.11. The molecule has 0 aliphatic carbocycles. The van der Waals surface area contributed by atoms with Crippen molar-refractivity contribution in [1.82, 2.24) is 19.9 Å². The van der Waals surface area contributed by atoms with Gasteiger partial charge in [-0.05, 0) is 44.2 Å². The zero-order chi connectivity index (χ0) is 20.0. The second kappa shape index (κ2) is 12.8. The van der Waals surface area contributed by atoms with Crippen LogP contribution < -0.4 is 5.32 Å². The van der Waals surface area contributed by atoms with Crippen molar-refractivity contribution in [1.29, 1.82) is 0 Å². The lowest BCUT2D eigenvalue weighted by molar-refractivity contribution is -0.143. The molecule has 0 saturated carbocycles. The van der Waals surface area contributed by atoms with Crippen LogP contribution in [0.4, 0.5) is 5.95 Å². The lowest BCUT2D eigenvalue weighted by atomic mass is 9.92. The predicted molar refractivity (Wildman–Crippen MR) is 109 cm³/mol. The Morgan fingerprint density at radius 1 is 1.04 bits per heavy atom. The van der Waals surface area contributed by atoms with Crippen molar-refractivity contribution >= 4 is 11.9 Å². The van der Waals surface area contributed by atoms with Gasteiger partial charge in [-0.25, -0.2) is 19.9 Å². The van der Waals surface area contributed by atoms with Crippen molar-refractivity contribution in [3.05, 3.63) is 42.2 Å². The fourth-order valence-electron chi connectivity index (χ4n) is 3.06. The monoisotopic (exact) mass is 385 g/mol. The first-order chi connectivity index (χ1) is 13.7. The summed E-state index contributed by atoms with van der Waals surface area (Å²) in [6.07, 6.45) is 14.1. The Morgan fingerprint density at radius 3 is 2.43 bits per heavy atom. The number of esters is 1. The number of nitrogens with zero attached hydrogens (tertiary/aromatic N) is 4. The molecule has 2 aromatic heterocycles. The van der Waals surface area contributed by atoms with E-state index in [0.29, 0.717) is 19.0 Å². The van der Waals surface area contributed by atoms with Crippen LogP contribution in [-0.2, 0) is 9.53 Å². The number of hydrogen-bond acceptors (Lipinski definition) is 7. The van der Waals surface area contributed by atoms with Crippen LogP contribution in [-0.4, -0.2) is 39.1 Å². The van der Waals surface area contributed by atoms with Crippen LogP contribution in [0.1, 0.15) is 69.2 Å². The molecule has 1 N–H and O–H groups in total. The third-order valence-electron chi connectivity index (χ3n) is 4.57. The third-order valence-corrected chi connectivity index (χ3v) is 4.57. The Morgan fingerprint density at radius 2 is 1.71 bits per heavy atom. The number of carbonyl (C=O) groups excluding carboxylic acids is 1. The number of ether oxygens (including phenoxy) is 1. The number of unbranched alkanes of at least 4 members (excludes halogenated alkanes) is 4. The molecule has 28 heavy (non-hydrogen) atoms. The number of nitrogens with one attached hydrogen (secondary N) is 1. The number of rotatable bonds is 13. The highest BCUT2D eigenvalue weighted by Gasteiger charge is 2.17. The van der Waals surface area contributed by atoms with Crippen molar-refractivity contribution < 1.29 is 9.53 Å². The molecule has 1 unspecified atom stereocenters. The van der Waals surface area contributed by atoms with Gasteiger partial charge in [0, 0.05) is 31.3 Å². The van der Waals surface area contributed by atoms with Crippen LogP contribution in [0.2, 0.25) is 0 Å². The normalized spacial score (nSPS) is 11.8. The summed E-state index contributed by atoms with van der Waals surface area (Å²) >= 11 is 0. The third kappa shape index (κ3) is 8.41. The fraction of sp³-hybridized carbons (Fsp3) is 0.571. The van der Waals surface area contributed by atoms with Gasteiger partial charge in [-0.15, -0.1) is 0 Å². The molecule has 1 atom stereocenters. The van der Waals surface area contributed by atoms with E-state index in [0.717, 1.165) is 50.0 Å². The van der Waals surface area contributed by atoms with Gasteiger partial charge in [0.15, 0.2) is 0 Å². The molecule has 0 amide bonds. The number of aromatic nitrogens is 4. The predicted octanol–water partition coefficient (Wildman–Crippen LogP) is 4.06. The minimum atomic E-state index is -0.151. The first-order valence-electron chi connectivity index (χ1n) is 10.1. The van der Waals surface area contributed by atoms with E-state index in [2.05, 4.69) is 25.3 Å². The molecule has 0 aliphatic rings. The summed E-state index contributed by atoms with van der Waals surface area (Å²) in [6.45, 7) is 5.00. The molecule has 152 valence electrons. The summed E-state index contributed by atoms with van der Waals surface area (Å²) in [5.74, 6) is 1.40. The smallest absolute Gasteiger partial charge is 0.306 e. The molecule has 2 aromatic rings. The van der Waals surface area contributed by atoms with Crippen LogP contribution in [0.3, 0.4) is 0 Å². The SMILES string of the molecule is CCOC(=O)CC(CCCCCCCNc1ncccn1)c1cnc(C)nc1. The van der Waals surface area contributed by atoms with Crippen LogP contribution in [0.5, 0.6) is 0 Å². The molecule has 0 fully saturated rings. The number of aryl methyl sites for hydroxylation is 1. The summed E-state index contributed by atoms with van der Waals surface area (Å²) in [5.41, 5.74) is 1.02. The number of hydrogen-bond donors (Lipinski definition) is 1. The average molecular weight is 386 g/mol. The molecular formula is C21H31N5O2. The van der Waals surface area contributed by atoms with E-state index >= 15 is 0 Å². The second-order valence-electron chi connectivity index (χ2n) is 6.83. The van der Waals surface area contributed by atoms with Crippen LogP contribution in [0.25, 0.3) is 0 Å². The van der Waals surface area contributed by atoms with E-state index in [1.54, 1.807) is 12.4 Å². The van der Waals surface area contributed by atoms with E-state index in [1.165, 1.54) is 6.42 Å². The van der Waals surface area contributed by atoms with Gasteiger partial charge >= 0.3 is 5.97 Å². The maximum Gasteiger partial charge on any atom is 0.306 e. The Hall–Kier alpha value is -2.57. The van der Waals surface area contributed by atoms with Crippen LogP contribution in [0, 0.1) is 6.92 Å². The zero-order valence-electron chi connectivity index (χ0n) is 16.9. The first-order valence-corrected chi connectivity index (χ1v) is 10.1. The average Bonchev–Trinajstić information content (AvgIpc) is 2.70. The summed E-state index contributed by atoms with van der Waals surface area (Å²) < 4.78 is 5.13. The van der Waals surface area contributed by atoms with Gasteiger partial charge in [0.05, 0.1) is 13.0 Å².